The average molecular weight is 110 g/mol. The second kappa shape index (κ2) is 5.10. The molecular weight excluding hydrogens is 99.0 g/mol. The maximum atomic E-state index is 10.2. The average Bonchev–Trinajstić information content (AvgIpc) is 1.36. The summed E-state index contributed by atoms with van der Waals surface area (Å²) in [6.45, 7) is 5.54. The fourth-order valence-corrected chi connectivity index (χ4v) is 0. The molecule has 1 unspecified atom stereocenters. The second-order valence-corrected chi connectivity index (χ2v) is 1.95. The summed E-state index contributed by atoms with van der Waals surface area (Å²) in [5.41, 5.74) is 0. The molecule has 0 radical (unpaired) electrons. The van der Waals surface area contributed by atoms with Crippen LogP contribution in [0, 0.1) is 5.92 Å². The molecule has 0 amide bonds. The summed E-state index contributed by atoms with van der Waals surface area (Å²) in [7, 11) is 0. The van der Waals surface area contributed by atoms with E-state index in [2.05, 4.69) is 0 Å². The molecule has 0 aromatic heterocycles. The van der Waals surface area contributed by atoms with E-state index in [0.29, 0.717) is 5.92 Å². The Morgan fingerprint density at radius 3 is 1.29 bits per heavy atom. The van der Waals surface area contributed by atoms with Crippen molar-refractivity contribution in [2.75, 3.05) is 0 Å². The minimum absolute atomic E-state index is 0. The van der Waals surface area contributed by atoms with Gasteiger partial charge in [0.1, 0.15) is 0 Å². The summed E-state index contributed by atoms with van der Waals surface area (Å²) in [4.78, 5) is 0. The quantitative estimate of drug-likeness (QED) is 0.339. The molecule has 0 aromatic rings. The van der Waals surface area contributed by atoms with Crippen LogP contribution in [0.1, 0.15) is 20.8 Å². The van der Waals surface area contributed by atoms with E-state index in [9.17, 15) is 5.11 Å². The summed E-state index contributed by atoms with van der Waals surface area (Å²) in [6.07, 6.45) is -0.398. The molecule has 0 bridgehead atoms. The van der Waals surface area contributed by atoms with E-state index < -0.39 is 6.10 Å². The molecule has 1 atom stereocenters. The van der Waals surface area contributed by atoms with Crippen LogP contribution < -0.4 is 34.7 Å². The van der Waals surface area contributed by atoms with Crippen molar-refractivity contribution in [3.63, 3.8) is 0 Å². The summed E-state index contributed by atoms with van der Waals surface area (Å²) < 4.78 is 0. The molecule has 0 N–H and O–H groups in total. The Morgan fingerprint density at radius 1 is 1.14 bits per heavy atom. The van der Waals surface area contributed by atoms with E-state index in [4.69, 9.17) is 0 Å². The van der Waals surface area contributed by atoms with E-state index in [1.165, 1.54) is 0 Å². The normalized spacial score (nSPS) is 13.3. The maximum Gasteiger partial charge on any atom is 1.00 e. The minimum Gasteiger partial charge on any atom is -0.852 e. The Labute approximate surface area is 67.4 Å². The van der Waals surface area contributed by atoms with Crippen molar-refractivity contribution in [2.24, 2.45) is 5.92 Å². The molecule has 7 heavy (non-hydrogen) atoms. The molecule has 38 valence electrons. The maximum absolute atomic E-state index is 10.2. The van der Waals surface area contributed by atoms with Crippen LogP contribution in [0.3, 0.4) is 0 Å². The molecule has 0 spiro atoms. The first-order valence-corrected chi connectivity index (χ1v) is 2.30. The van der Waals surface area contributed by atoms with Crippen molar-refractivity contribution < 1.29 is 34.7 Å². The summed E-state index contributed by atoms with van der Waals surface area (Å²) in [5.74, 6) is 0.296. The minimum atomic E-state index is -0.398. The van der Waals surface area contributed by atoms with Crippen LogP contribution >= 0.6 is 0 Å². The van der Waals surface area contributed by atoms with Gasteiger partial charge in [-0.1, -0.05) is 26.7 Å². The number of hydrogen-bond acceptors (Lipinski definition) is 1. The summed E-state index contributed by atoms with van der Waals surface area (Å²) in [6, 6.07) is 0. The molecule has 0 aliphatic rings. The SMILES string of the molecule is CC(C)C(C)[O-].[Na+]. The van der Waals surface area contributed by atoms with E-state index in [1.807, 2.05) is 13.8 Å². The first-order valence-electron chi connectivity index (χ1n) is 2.30. The first-order chi connectivity index (χ1) is 2.64. The molecule has 0 heterocycles. The van der Waals surface area contributed by atoms with Gasteiger partial charge in [-0.25, -0.2) is 0 Å². The second-order valence-electron chi connectivity index (χ2n) is 1.95. The Kier molecular flexibility index (Phi) is 7.91. The van der Waals surface area contributed by atoms with Gasteiger partial charge < -0.3 is 5.11 Å². The Hall–Kier alpha value is 0.960. The Balaban J connectivity index is 0. The van der Waals surface area contributed by atoms with Gasteiger partial charge in [-0.3, -0.25) is 0 Å². The molecule has 1 nitrogen and oxygen atoms in total. The molecule has 0 saturated heterocycles. The third-order valence-corrected chi connectivity index (χ3v) is 0.939. The van der Waals surface area contributed by atoms with Crippen molar-refractivity contribution in [2.45, 2.75) is 26.9 Å². The Bertz CT molecular complexity index is 29.1. The fourth-order valence-electron chi connectivity index (χ4n) is 0. The third-order valence-electron chi connectivity index (χ3n) is 0.939. The monoisotopic (exact) mass is 110 g/mol. The van der Waals surface area contributed by atoms with Crippen molar-refractivity contribution in [1.82, 2.24) is 0 Å². The van der Waals surface area contributed by atoms with Crippen LogP contribution in [0.15, 0.2) is 0 Å². The largest absolute Gasteiger partial charge is 1.00 e. The van der Waals surface area contributed by atoms with Gasteiger partial charge in [0, 0.05) is 0 Å². The molecule has 0 fully saturated rings. The first kappa shape index (κ1) is 10.9. The van der Waals surface area contributed by atoms with Gasteiger partial charge in [0.2, 0.25) is 0 Å². The zero-order valence-corrected chi connectivity index (χ0v) is 7.56. The van der Waals surface area contributed by atoms with Gasteiger partial charge in [-0.05, 0) is 0 Å². The van der Waals surface area contributed by atoms with Gasteiger partial charge in [0.05, 0.1) is 0 Å². The van der Waals surface area contributed by atoms with Gasteiger partial charge in [-0.2, -0.15) is 0 Å². The van der Waals surface area contributed by atoms with E-state index in [1.54, 1.807) is 6.92 Å². The summed E-state index contributed by atoms with van der Waals surface area (Å²) >= 11 is 0. The van der Waals surface area contributed by atoms with Crippen LogP contribution in [0.5, 0.6) is 0 Å². The predicted octanol–water partition coefficient (Wildman–Crippen LogP) is -2.60. The smallest absolute Gasteiger partial charge is 0.852 e. The van der Waals surface area contributed by atoms with Crippen molar-refractivity contribution in [3.05, 3.63) is 0 Å². The van der Waals surface area contributed by atoms with Gasteiger partial charge in [0.15, 0.2) is 0 Å². The van der Waals surface area contributed by atoms with Crippen molar-refractivity contribution in [3.8, 4) is 0 Å². The van der Waals surface area contributed by atoms with E-state index in [0.717, 1.165) is 0 Å². The zero-order valence-electron chi connectivity index (χ0n) is 5.56. The molecule has 0 saturated carbocycles. The van der Waals surface area contributed by atoms with Gasteiger partial charge in [0.25, 0.3) is 0 Å². The predicted molar refractivity (Wildman–Crippen MR) is 24.3 cm³/mol. The fraction of sp³-hybridized carbons (Fsp3) is 1.00. The van der Waals surface area contributed by atoms with Crippen LogP contribution in [0.2, 0.25) is 0 Å². The standard InChI is InChI=1S/C5H11O.Na/c1-4(2)5(3)6;/h4-5H,1-3H3;/q-1;+1. The van der Waals surface area contributed by atoms with Gasteiger partial charge in [-0.15, -0.1) is 6.10 Å². The molecule has 2 heteroatoms. The topological polar surface area (TPSA) is 23.1 Å². The van der Waals surface area contributed by atoms with Crippen LogP contribution in [0.25, 0.3) is 0 Å². The summed E-state index contributed by atoms with van der Waals surface area (Å²) in [5, 5.41) is 10.2. The van der Waals surface area contributed by atoms with E-state index in [-0.39, 0.29) is 29.6 Å². The Morgan fingerprint density at radius 2 is 1.29 bits per heavy atom. The molecular formula is C5H11NaO. The number of rotatable bonds is 1. The van der Waals surface area contributed by atoms with Crippen molar-refractivity contribution >= 4 is 0 Å². The zero-order chi connectivity index (χ0) is 5.15. The number of hydrogen-bond donors (Lipinski definition) is 0. The van der Waals surface area contributed by atoms with Crippen LogP contribution in [-0.2, 0) is 0 Å². The van der Waals surface area contributed by atoms with Crippen LogP contribution in [0.4, 0.5) is 0 Å². The molecule has 0 aromatic carbocycles. The molecule has 0 aliphatic heterocycles. The van der Waals surface area contributed by atoms with Crippen molar-refractivity contribution in [1.29, 1.82) is 0 Å². The van der Waals surface area contributed by atoms with E-state index >= 15 is 0 Å². The molecule has 0 rings (SSSR count). The third kappa shape index (κ3) is 6.96. The van der Waals surface area contributed by atoms with Crippen LogP contribution in [-0.4, -0.2) is 6.10 Å². The molecule has 0 aliphatic carbocycles. The van der Waals surface area contributed by atoms with Gasteiger partial charge >= 0.3 is 29.6 Å².